The number of anilines is 1. The molecule has 0 aliphatic carbocycles. The predicted octanol–water partition coefficient (Wildman–Crippen LogP) is 2.34. The van der Waals surface area contributed by atoms with Crippen molar-refractivity contribution < 1.29 is 4.79 Å². The van der Waals surface area contributed by atoms with Crippen molar-refractivity contribution in [2.75, 3.05) is 18.5 Å². The molecule has 0 saturated heterocycles. The van der Waals surface area contributed by atoms with Gasteiger partial charge in [0, 0.05) is 26.0 Å². The van der Waals surface area contributed by atoms with Crippen molar-refractivity contribution in [3.05, 3.63) is 40.7 Å². The standard InChI is InChI=1S/C13H15N3OS/c1-10-12(9-17)18-13(15-10)16(2)8-5-11-3-6-14-7-4-11/h3-4,6-7,9H,5,8H2,1-2H3. The summed E-state index contributed by atoms with van der Waals surface area (Å²) in [4.78, 5) is 22.0. The Hall–Kier alpha value is -1.75. The van der Waals surface area contributed by atoms with E-state index in [1.165, 1.54) is 16.9 Å². The van der Waals surface area contributed by atoms with E-state index in [9.17, 15) is 4.79 Å². The average Bonchev–Trinajstić information content (AvgIpc) is 2.78. The highest BCUT2D eigenvalue weighted by molar-refractivity contribution is 7.17. The molecule has 2 heterocycles. The number of hydrogen-bond acceptors (Lipinski definition) is 5. The highest BCUT2D eigenvalue weighted by Crippen LogP contribution is 2.23. The SMILES string of the molecule is Cc1nc(N(C)CCc2ccncc2)sc1C=O. The molecule has 0 amide bonds. The van der Waals surface area contributed by atoms with Crippen LogP contribution in [-0.2, 0) is 6.42 Å². The number of aldehydes is 1. The fourth-order valence-corrected chi connectivity index (χ4v) is 2.48. The second-order valence-corrected chi connectivity index (χ2v) is 5.10. The molecule has 0 N–H and O–H groups in total. The van der Waals surface area contributed by atoms with Crippen molar-refractivity contribution in [1.82, 2.24) is 9.97 Å². The molecule has 0 aliphatic heterocycles. The normalized spacial score (nSPS) is 10.3. The zero-order valence-electron chi connectivity index (χ0n) is 10.5. The second kappa shape index (κ2) is 5.73. The largest absolute Gasteiger partial charge is 0.351 e. The Morgan fingerprint density at radius 3 is 2.72 bits per heavy atom. The summed E-state index contributed by atoms with van der Waals surface area (Å²) >= 11 is 1.44. The number of hydrogen-bond donors (Lipinski definition) is 0. The monoisotopic (exact) mass is 261 g/mol. The van der Waals surface area contributed by atoms with E-state index in [0.29, 0.717) is 4.88 Å². The van der Waals surface area contributed by atoms with Crippen LogP contribution >= 0.6 is 11.3 Å². The molecular formula is C13H15N3OS. The fourth-order valence-electron chi connectivity index (χ4n) is 1.61. The van der Waals surface area contributed by atoms with Gasteiger partial charge in [-0.15, -0.1) is 0 Å². The first-order valence-corrected chi connectivity index (χ1v) is 6.55. The molecule has 4 nitrogen and oxygen atoms in total. The van der Waals surface area contributed by atoms with Gasteiger partial charge in [-0.1, -0.05) is 11.3 Å². The summed E-state index contributed by atoms with van der Waals surface area (Å²) in [5, 5.41) is 0.892. The van der Waals surface area contributed by atoms with Gasteiger partial charge in [0.05, 0.1) is 10.6 Å². The molecule has 0 fully saturated rings. The maximum atomic E-state index is 10.8. The van der Waals surface area contributed by atoms with Crippen molar-refractivity contribution >= 4 is 22.8 Å². The number of thiazole rings is 1. The predicted molar refractivity (Wildman–Crippen MR) is 73.4 cm³/mol. The summed E-state index contributed by atoms with van der Waals surface area (Å²) in [6.45, 7) is 2.73. The van der Waals surface area contributed by atoms with E-state index < -0.39 is 0 Å². The lowest BCUT2D eigenvalue weighted by molar-refractivity contribution is 0.112. The van der Waals surface area contributed by atoms with E-state index in [0.717, 1.165) is 30.1 Å². The van der Waals surface area contributed by atoms with E-state index in [2.05, 4.69) is 14.9 Å². The second-order valence-electron chi connectivity index (χ2n) is 4.09. The summed E-state index contributed by atoms with van der Waals surface area (Å²) in [5.41, 5.74) is 2.06. The fraction of sp³-hybridized carbons (Fsp3) is 0.308. The Balaban J connectivity index is 1.99. The van der Waals surface area contributed by atoms with Crippen molar-refractivity contribution in [3.8, 4) is 0 Å². The molecule has 0 aliphatic rings. The van der Waals surface area contributed by atoms with Crippen LogP contribution in [0.4, 0.5) is 5.13 Å². The van der Waals surface area contributed by atoms with E-state index >= 15 is 0 Å². The van der Waals surface area contributed by atoms with Crippen LogP contribution in [0.25, 0.3) is 0 Å². The third-order valence-corrected chi connectivity index (χ3v) is 3.94. The summed E-state index contributed by atoms with van der Waals surface area (Å²) in [7, 11) is 1.99. The van der Waals surface area contributed by atoms with Crippen LogP contribution in [0.3, 0.4) is 0 Å². The van der Waals surface area contributed by atoms with Gasteiger partial charge in [-0.25, -0.2) is 4.98 Å². The summed E-state index contributed by atoms with van der Waals surface area (Å²) in [5.74, 6) is 0. The third-order valence-electron chi connectivity index (χ3n) is 2.74. The highest BCUT2D eigenvalue weighted by Gasteiger charge is 2.10. The first-order chi connectivity index (χ1) is 8.70. The molecule has 2 aromatic rings. The molecule has 0 unspecified atom stereocenters. The number of aryl methyl sites for hydroxylation is 1. The molecule has 0 aromatic carbocycles. The molecule has 2 aromatic heterocycles. The van der Waals surface area contributed by atoms with Gasteiger partial charge >= 0.3 is 0 Å². The van der Waals surface area contributed by atoms with Crippen molar-refractivity contribution in [2.24, 2.45) is 0 Å². The molecule has 5 heteroatoms. The Kier molecular flexibility index (Phi) is 4.04. The van der Waals surface area contributed by atoms with Crippen LogP contribution in [0.5, 0.6) is 0 Å². The van der Waals surface area contributed by atoms with E-state index in [1.807, 2.05) is 26.1 Å². The van der Waals surface area contributed by atoms with Crippen LogP contribution in [0.2, 0.25) is 0 Å². The zero-order chi connectivity index (χ0) is 13.0. The molecule has 94 valence electrons. The minimum absolute atomic E-state index is 0.709. The molecule has 0 atom stereocenters. The van der Waals surface area contributed by atoms with Gasteiger partial charge in [-0.3, -0.25) is 9.78 Å². The minimum Gasteiger partial charge on any atom is -0.351 e. The van der Waals surface area contributed by atoms with Gasteiger partial charge in [0.1, 0.15) is 0 Å². The molecule has 0 radical (unpaired) electrons. The number of carbonyl (C=O) groups excluding carboxylic acids is 1. The van der Waals surface area contributed by atoms with Crippen LogP contribution in [0.1, 0.15) is 20.9 Å². The molecular weight excluding hydrogens is 246 g/mol. The maximum absolute atomic E-state index is 10.8. The Morgan fingerprint density at radius 1 is 1.39 bits per heavy atom. The lowest BCUT2D eigenvalue weighted by Crippen LogP contribution is -2.20. The topological polar surface area (TPSA) is 46.1 Å². The van der Waals surface area contributed by atoms with Crippen molar-refractivity contribution in [3.63, 3.8) is 0 Å². The Morgan fingerprint density at radius 2 is 2.11 bits per heavy atom. The number of carbonyl (C=O) groups is 1. The Bertz CT molecular complexity index is 524. The van der Waals surface area contributed by atoms with Crippen molar-refractivity contribution in [2.45, 2.75) is 13.3 Å². The van der Waals surface area contributed by atoms with Gasteiger partial charge in [0.2, 0.25) is 0 Å². The van der Waals surface area contributed by atoms with E-state index in [1.54, 1.807) is 12.4 Å². The number of aromatic nitrogens is 2. The number of rotatable bonds is 5. The zero-order valence-corrected chi connectivity index (χ0v) is 11.3. The summed E-state index contributed by atoms with van der Waals surface area (Å²) < 4.78 is 0. The van der Waals surface area contributed by atoms with Crippen LogP contribution < -0.4 is 4.90 Å². The van der Waals surface area contributed by atoms with Crippen LogP contribution in [0.15, 0.2) is 24.5 Å². The lowest BCUT2D eigenvalue weighted by Gasteiger charge is -2.15. The minimum atomic E-state index is 0.709. The third kappa shape index (κ3) is 2.92. The first kappa shape index (κ1) is 12.7. The van der Waals surface area contributed by atoms with Crippen LogP contribution in [0, 0.1) is 6.92 Å². The molecule has 0 bridgehead atoms. The van der Waals surface area contributed by atoms with E-state index in [4.69, 9.17) is 0 Å². The molecule has 2 rings (SSSR count). The first-order valence-electron chi connectivity index (χ1n) is 5.73. The van der Waals surface area contributed by atoms with Gasteiger partial charge < -0.3 is 4.90 Å². The summed E-state index contributed by atoms with van der Waals surface area (Å²) in [6, 6.07) is 4.02. The molecule has 18 heavy (non-hydrogen) atoms. The molecule has 0 saturated carbocycles. The highest BCUT2D eigenvalue weighted by atomic mass is 32.1. The quantitative estimate of drug-likeness (QED) is 0.775. The average molecular weight is 261 g/mol. The Labute approximate surface area is 110 Å². The summed E-state index contributed by atoms with van der Waals surface area (Å²) in [6.07, 6.45) is 5.40. The number of likely N-dealkylation sites (N-methyl/N-ethyl adjacent to an activating group) is 1. The lowest BCUT2D eigenvalue weighted by atomic mass is 10.2. The molecule has 0 spiro atoms. The van der Waals surface area contributed by atoms with Gasteiger partial charge in [0.15, 0.2) is 11.4 Å². The maximum Gasteiger partial charge on any atom is 0.185 e. The van der Waals surface area contributed by atoms with E-state index in [-0.39, 0.29) is 0 Å². The number of pyridine rings is 1. The smallest absolute Gasteiger partial charge is 0.185 e. The number of nitrogens with zero attached hydrogens (tertiary/aromatic N) is 3. The van der Waals surface area contributed by atoms with Gasteiger partial charge in [-0.2, -0.15) is 0 Å². The van der Waals surface area contributed by atoms with Crippen LogP contribution in [-0.4, -0.2) is 29.8 Å². The van der Waals surface area contributed by atoms with Crippen molar-refractivity contribution in [1.29, 1.82) is 0 Å². The van der Waals surface area contributed by atoms with Gasteiger partial charge in [0.25, 0.3) is 0 Å². The van der Waals surface area contributed by atoms with Gasteiger partial charge in [-0.05, 0) is 31.0 Å².